The van der Waals surface area contributed by atoms with E-state index >= 15 is 0 Å². The van der Waals surface area contributed by atoms with Crippen LogP contribution < -0.4 is 5.32 Å². The maximum atomic E-state index is 12.1. The molecule has 3 heterocycles. The van der Waals surface area contributed by atoms with Crippen LogP contribution in [0.4, 0.5) is 0 Å². The van der Waals surface area contributed by atoms with Crippen molar-refractivity contribution in [3.05, 3.63) is 59.7 Å². The molecular formula is C19H24N4O. The quantitative estimate of drug-likeness (QED) is 0.917. The standard InChI is InChI=1S/C19H24N4O/c1-15-4-5-18(13-21-15)17-6-9-23(10-7-17)14-19(24)22-12-16-3-2-8-20-11-16/h2-5,8,11,13,17H,6-7,9-10,12,14H2,1H3,(H,22,24). The first-order chi connectivity index (χ1) is 11.7. The fraction of sp³-hybridized carbons (Fsp3) is 0.421. The largest absolute Gasteiger partial charge is 0.351 e. The van der Waals surface area contributed by atoms with Crippen LogP contribution in [0.2, 0.25) is 0 Å². The van der Waals surface area contributed by atoms with Crippen LogP contribution in [0, 0.1) is 6.92 Å². The molecule has 0 bridgehead atoms. The van der Waals surface area contributed by atoms with E-state index in [4.69, 9.17) is 0 Å². The van der Waals surface area contributed by atoms with Crippen LogP contribution in [-0.2, 0) is 11.3 Å². The summed E-state index contributed by atoms with van der Waals surface area (Å²) >= 11 is 0. The van der Waals surface area contributed by atoms with Crippen molar-refractivity contribution in [2.24, 2.45) is 0 Å². The summed E-state index contributed by atoms with van der Waals surface area (Å²) in [6.07, 6.45) is 7.68. The molecule has 5 nitrogen and oxygen atoms in total. The SMILES string of the molecule is Cc1ccc(C2CCN(CC(=O)NCc3cccnc3)CC2)cn1. The number of aromatic nitrogens is 2. The number of nitrogens with zero attached hydrogens (tertiary/aromatic N) is 3. The number of carbonyl (C=O) groups is 1. The summed E-state index contributed by atoms with van der Waals surface area (Å²) in [5, 5.41) is 2.96. The summed E-state index contributed by atoms with van der Waals surface area (Å²) in [5.74, 6) is 0.641. The summed E-state index contributed by atoms with van der Waals surface area (Å²) in [7, 11) is 0. The third kappa shape index (κ3) is 4.61. The van der Waals surface area contributed by atoms with E-state index in [1.807, 2.05) is 25.3 Å². The van der Waals surface area contributed by atoms with Gasteiger partial charge in [0, 0.05) is 30.8 Å². The maximum Gasteiger partial charge on any atom is 0.234 e. The Labute approximate surface area is 143 Å². The van der Waals surface area contributed by atoms with E-state index in [-0.39, 0.29) is 5.91 Å². The first-order valence-electron chi connectivity index (χ1n) is 8.51. The topological polar surface area (TPSA) is 58.1 Å². The summed E-state index contributed by atoms with van der Waals surface area (Å²) < 4.78 is 0. The molecule has 24 heavy (non-hydrogen) atoms. The first kappa shape index (κ1) is 16.6. The molecule has 2 aromatic rings. The van der Waals surface area contributed by atoms with Crippen molar-refractivity contribution >= 4 is 5.91 Å². The number of hydrogen-bond acceptors (Lipinski definition) is 4. The molecule has 1 N–H and O–H groups in total. The predicted octanol–water partition coefficient (Wildman–Crippen LogP) is 2.28. The van der Waals surface area contributed by atoms with Crippen molar-refractivity contribution in [1.82, 2.24) is 20.2 Å². The van der Waals surface area contributed by atoms with Gasteiger partial charge in [0.05, 0.1) is 6.54 Å². The molecule has 1 fully saturated rings. The smallest absolute Gasteiger partial charge is 0.234 e. The second-order valence-corrected chi connectivity index (χ2v) is 6.42. The highest BCUT2D eigenvalue weighted by Gasteiger charge is 2.22. The minimum atomic E-state index is 0.0781. The molecule has 0 spiro atoms. The Morgan fingerprint density at radius 3 is 2.75 bits per heavy atom. The van der Waals surface area contributed by atoms with Gasteiger partial charge in [0.1, 0.15) is 0 Å². The Kier molecular flexibility index (Phi) is 5.54. The lowest BCUT2D eigenvalue weighted by molar-refractivity contribution is -0.122. The van der Waals surface area contributed by atoms with E-state index in [0.717, 1.165) is 37.2 Å². The molecule has 126 valence electrons. The minimum absolute atomic E-state index is 0.0781. The number of carbonyl (C=O) groups excluding carboxylic acids is 1. The summed E-state index contributed by atoms with van der Waals surface area (Å²) in [5.41, 5.74) is 3.40. The van der Waals surface area contributed by atoms with Crippen molar-refractivity contribution in [1.29, 1.82) is 0 Å². The fourth-order valence-electron chi connectivity index (χ4n) is 3.11. The second-order valence-electron chi connectivity index (χ2n) is 6.42. The third-order valence-electron chi connectivity index (χ3n) is 4.57. The van der Waals surface area contributed by atoms with Gasteiger partial charge in [0.2, 0.25) is 5.91 Å². The van der Waals surface area contributed by atoms with Crippen molar-refractivity contribution < 1.29 is 4.79 Å². The molecule has 0 saturated carbocycles. The molecule has 3 rings (SSSR count). The van der Waals surface area contributed by atoms with Crippen LogP contribution in [0.1, 0.15) is 35.6 Å². The normalized spacial score (nSPS) is 16.0. The highest BCUT2D eigenvalue weighted by Crippen LogP contribution is 2.27. The molecule has 1 saturated heterocycles. The van der Waals surface area contributed by atoms with Crippen LogP contribution in [0.25, 0.3) is 0 Å². The summed E-state index contributed by atoms with van der Waals surface area (Å²) in [6, 6.07) is 8.11. The highest BCUT2D eigenvalue weighted by molar-refractivity contribution is 5.78. The van der Waals surface area contributed by atoms with Gasteiger partial charge in [0.15, 0.2) is 0 Å². The van der Waals surface area contributed by atoms with Crippen molar-refractivity contribution in [2.45, 2.75) is 32.2 Å². The van der Waals surface area contributed by atoms with Gasteiger partial charge < -0.3 is 5.32 Å². The Morgan fingerprint density at radius 2 is 2.08 bits per heavy atom. The van der Waals surface area contributed by atoms with Crippen LogP contribution in [0.5, 0.6) is 0 Å². The van der Waals surface area contributed by atoms with Gasteiger partial charge in [-0.1, -0.05) is 12.1 Å². The Hall–Kier alpha value is -2.27. The summed E-state index contributed by atoms with van der Waals surface area (Å²) in [6.45, 7) is 4.94. The molecule has 1 amide bonds. The molecule has 2 aromatic heterocycles. The number of hydrogen-bond donors (Lipinski definition) is 1. The van der Waals surface area contributed by atoms with E-state index in [1.54, 1.807) is 12.4 Å². The molecule has 1 aliphatic rings. The lowest BCUT2D eigenvalue weighted by Gasteiger charge is -2.31. The number of aryl methyl sites for hydroxylation is 1. The number of nitrogens with one attached hydrogen (secondary N) is 1. The Balaban J connectivity index is 1.41. The summed E-state index contributed by atoms with van der Waals surface area (Å²) in [4.78, 5) is 22.8. The predicted molar refractivity (Wildman–Crippen MR) is 93.5 cm³/mol. The number of amides is 1. The number of piperidine rings is 1. The number of pyridine rings is 2. The van der Waals surface area contributed by atoms with Gasteiger partial charge in [-0.2, -0.15) is 0 Å². The number of likely N-dealkylation sites (tertiary alicyclic amines) is 1. The van der Waals surface area contributed by atoms with Gasteiger partial charge in [-0.15, -0.1) is 0 Å². The van der Waals surface area contributed by atoms with E-state index in [1.165, 1.54) is 5.56 Å². The van der Waals surface area contributed by atoms with Crippen LogP contribution in [0.15, 0.2) is 42.9 Å². The monoisotopic (exact) mass is 324 g/mol. The minimum Gasteiger partial charge on any atom is -0.351 e. The third-order valence-corrected chi connectivity index (χ3v) is 4.57. The van der Waals surface area contributed by atoms with Gasteiger partial charge in [0.25, 0.3) is 0 Å². The van der Waals surface area contributed by atoms with Crippen LogP contribution >= 0.6 is 0 Å². The van der Waals surface area contributed by atoms with Gasteiger partial charge >= 0.3 is 0 Å². The molecule has 5 heteroatoms. The molecular weight excluding hydrogens is 300 g/mol. The zero-order valence-electron chi connectivity index (χ0n) is 14.1. The molecule has 0 unspecified atom stereocenters. The average Bonchev–Trinajstić information content (AvgIpc) is 2.62. The lowest BCUT2D eigenvalue weighted by atomic mass is 9.90. The zero-order valence-corrected chi connectivity index (χ0v) is 14.1. The molecule has 0 atom stereocenters. The maximum absolute atomic E-state index is 12.1. The lowest BCUT2D eigenvalue weighted by Crippen LogP contribution is -2.41. The molecule has 1 aliphatic heterocycles. The number of rotatable bonds is 5. The van der Waals surface area contributed by atoms with E-state index in [0.29, 0.717) is 19.0 Å². The molecule has 0 radical (unpaired) electrons. The van der Waals surface area contributed by atoms with E-state index < -0.39 is 0 Å². The fourth-order valence-corrected chi connectivity index (χ4v) is 3.11. The van der Waals surface area contributed by atoms with Gasteiger partial charge in [-0.25, -0.2) is 0 Å². The Bertz CT molecular complexity index is 649. The average molecular weight is 324 g/mol. The van der Waals surface area contributed by atoms with Crippen LogP contribution in [0.3, 0.4) is 0 Å². The van der Waals surface area contributed by atoms with Crippen molar-refractivity contribution in [3.8, 4) is 0 Å². The van der Waals surface area contributed by atoms with Crippen molar-refractivity contribution in [3.63, 3.8) is 0 Å². The molecule has 0 aliphatic carbocycles. The van der Waals surface area contributed by atoms with Gasteiger partial charge in [-0.05, 0) is 62.0 Å². The van der Waals surface area contributed by atoms with Crippen molar-refractivity contribution in [2.75, 3.05) is 19.6 Å². The zero-order chi connectivity index (χ0) is 16.8. The second kappa shape index (κ2) is 8.02. The van der Waals surface area contributed by atoms with E-state index in [2.05, 4.69) is 32.3 Å². The van der Waals surface area contributed by atoms with Gasteiger partial charge in [-0.3, -0.25) is 19.7 Å². The van der Waals surface area contributed by atoms with Crippen LogP contribution in [-0.4, -0.2) is 40.4 Å². The van der Waals surface area contributed by atoms with E-state index in [9.17, 15) is 4.79 Å². The first-order valence-corrected chi connectivity index (χ1v) is 8.51. The highest BCUT2D eigenvalue weighted by atomic mass is 16.2. The Morgan fingerprint density at radius 1 is 1.25 bits per heavy atom. The molecule has 0 aromatic carbocycles.